The van der Waals surface area contributed by atoms with Crippen LogP contribution in [0.15, 0.2) is 29.3 Å². The maximum Gasteiger partial charge on any atom is 0.193 e. The van der Waals surface area contributed by atoms with Gasteiger partial charge in [0.15, 0.2) is 5.96 Å². The smallest absolute Gasteiger partial charge is 0.193 e. The van der Waals surface area contributed by atoms with Gasteiger partial charge in [0.25, 0.3) is 0 Å². The molecule has 1 rings (SSSR count). The molecule has 0 aliphatic heterocycles. The Morgan fingerprint density at radius 3 is 2.38 bits per heavy atom. The van der Waals surface area contributed by atoms with Crippen LogP contribution in [0, 0.1) is 5.41 Å². The molecule has 0 amide bonds. The second-order valence-corrected chi connectivity index (χ2v) is 6.75. The number of nitrogens with zero attached hydrogens (tertiary/aromatic N) is 1. The highest BCUT2D eigenvalue weighted by molar-refractivity contribution is 5.92. The Balaban J connectivity index is 2.41. The van der Waals surface area contributed by atoms with Crippen molar-refractivity contribution in [1.82, 2.24) is 0 Å². The topological polar surface area (TPSA) is 59.6 Å². The van der Waals surface area contributed by atoms with Crippen molar-refractivity contribution in [2.45, 2.75) is 53.6 Å². The minimum Gasteiger partial charge on any atom is -0.491 e. The van der Waals surface area contributed by atoms with E-state index in [4.69, 9.17) is 10.5 Å². The Morgan fingerprint density at radius 2 is 1.86 bits per heavy atom. The average molecular weight is 291 g/mol. The zero-order valence-corrected chi connectivity index (χ0v) is 13.9. The Bertz CT molecular complexity index is 444. The number of hydrogen-bond donors (Lipinski definition) is 2. The molecule has 21 heavy (non-hydrogen) atoms. The van der Waals surface area contributed by atoms with E-state index >= 15 is 0 Å². The summed E-state index contributed by atoms with van der Waals surface area (Å²) in [5.74, 6) is 1.32. The molecule has 1 aromatic rings. The van der Waals surface area contributed by atoms with Crippen molar-refractivity contribution >= 4 is 11.6 Å². The lowest BCUT2D eigenvalue weighted by molar-refractivity contribution is 0.242. The Labute approximate surface area is 128 Å². The summed E-state index contributed by atoms with van der Waals surface area (Å²) in [4.78, 5) is 4.35. The molecule has 0 saturated heterocycles. The molecule has 0 aliphatic carbocycles. The first-order valence-electron chi connectivity index (χ1n) is 7.60. The molecule has 1 aromatic carbocycles. The molecule has 0 unspecified atom stereocenters. The van der Waals surface area contributed by atoms with E-state index in [1.54, 1.807) is 0 Å². The molecule has 0 bridgehead atoms. The number of nitrogens with one attached hydrogen (secondary N) is 1. The maximum atomic E-state index is 5.88. The predicted octanol–water partition coefficient (Wildman–Crippen LogP) is 4.03. The summed E-state index contributed by atoms with van der Waals surface area (Å²) in [6.45, 7) is 11.5. The third-order valence-corrected chi connectivity index (χ3v) is 2.87. The molecule has 0 spiro atoms. The number of aliphatic imine (C=N–C) groups is 1. The predicted molar refractivity (Wildman–Crippen MR) is 91.0 cm³/mol. The van der Waals surface area contributed by atoms with Crippen molar-refractivity contribution in [2.24, 2.45) is 16.1 Å². The van der Waals surface area contributed by atoms with Gasteiger partial charge in [0.1, 0.15) is 5.75 Å². The second kappa shape index (κ2) is 7.91. The van der Waals surface area contributed by atoms with Crippen molar-refractivity contribution in [3.8, 4) is 5.75 Å². The van der Waals surface area contributed by atoms with Crippen LogP contribution in [0.2, 0.25) is 0 Å². The van der Waals surface area contributed by atoms with Crippen LogP contribution in [0.1, 0.15) is 47.5 Å². The van der Waals surface area contributed by atoms with Crippen molar-refractivity contribution in [3.63, 3.8) is 0 Å². The average Bonchev–Trinajstić information content (AvgIpc) is 2.35. The molecule has 118 valence electrons. The lowest BCUT2D eigenvalue weighted by atomic mass is 9.91. The Morgan fingerprint density at radius 1 is 1.24 bits per heavy atom. The van der Waals surface area contributed by atoms with E-state index in [-0.39, 0.29) is 6.10 Å². The highest BCUT2D eigenvalue weighted by Gasteiger charge is 2.08. The summed E-state index contributed by atoms with van der Waals surface area (Å²) in [6.07, 6.45) is 2.37. The molecule has 0 fully saturated rings. The summed E-state index contributed by atoms with van der Waals surface area (Å²) < 4.78 is 5.60. The largest absolute Gasteiger partial charge is 0.491 e. The maximum absolute atomic E-state index is 5.88. The van der Waals surface area contributed by atoms with Gasteiger partial charge in [-0.2, -0.15) is 0 Å². The fourth-order valence-electron chi connectivity index (χ4n) is 1.89. The van der Waals surface area contributed by atoms with Gasteiger partial charge in [0.05, 0.1) is 6.10 Å². The van der Waals surface area contributed by atoms with Gasteiger partial charge < -0.3 is 15.8 Å². The zero-order valence-electron chi connectivity index (χ0n) is 13.9. The quantitative estimate of drug-likeness (QED) is 0.472. The van der Waals surface area contributed by atoms with Crippen molar-refractivity contribution in [1.29, 1.82) is 0 Å². The van der Waals surface area contributed by atoms with Crippen molar-refractivity contribution < 1.29 is 4.74 Å². The van der Waals surface area contributed by atoms with Gasteiger partial charge in [-0.15, -0.1) is 0 Å². The monoisotopic (exact) mass is 291 g/mol. The van der Waals surface area contributed by atoms with Crippen molar-refractivity contribution in [3.05, 3.63) is 24.3 Å². The standard InChI is InChI=1S/C17H29N3O/c1-13(2)21-15-9-7-14(8-10-15)20-16(18)19-12-6-11-17(3,4)5/h7-10,13H,6,11-12H2,1-5H3,(H3,18,19,20). The molecule has 0 radical (unpaired) electrons. The summed E-state index contributed by atoms with van der Waals surface area (Å²) in [7, 11) is 0. The van der Waals surface area contributed by atoms with Gasteiger partial charge in [-0.05, 0) is 56.4 Å². The summed E-state index contributed by atoms with van der Waals surface area (Å²) in [5, 5.41) is 3.09. The van der Waals surface area contributed by atoms with E-state index in [9.17, 15) is 0 Å². The lowest BCUT2D eigenvalue weighted by Gasteiger charge is -2.16. The SMILES string of the molecule is CC(C)Oc1ccc(NC(N)=NCCCC(C)(C)C)cc1. The van der Waals surface area contributed by atoms with Gasteiger partial charge in [0.2, 0.25) is 0 Å². The van der Waals surface area contributed by atoms with Crippen LogP contribution in [0.25, 0.3) is 0 Å². The number of ether oxygens (including phenoxy) is 1. The second-order valence-electron chi connectivity index (χ2n) is 6.75. The molecule has 4 nitrogen and oxygen atoms in total. The number of hydrogen-bond acceptors (Lipinski definition) is 2. The van der Waals surface area contributed by atoms with Gasteiger partial charge in [0, 0.05) is 12.2 Å². The van der Waals surface area contributed by atoms with Gasteiger partial charge >= 0.3 is 0 Å². The van der Waals surface area contributed by atoms with Crippen LogP contribution in [0.3, 0.4) is 0 Å². The number of anilines is 1. The molecule has 3 N–H and O–H groups in total. The summed E-state index contributed by atoms with van der Waals surface area (Å²) >= 11 is 0. The fourth-order valence-corrected chi connectivity index (χ4v) is 1.89. The molecule has 4 heteroatoms. The first-order valence-corrected chi connectivity index (χ1v) is 7.60. The zero-order chi connectivity index (χ0) is 15.9. The molecule has 0 aliphatic rings. The van der Waals surface area contributed by atoms with Crippen LogP contribution in [-0.2, 0) is 0 Å². The van der Waals surface area contributed by atoms with Gasteiger partial charge in [-0.1, -0.05) is 20.8 Å². The highest BCUT2D eigenvalue weighted by atomic mass is 16.5. The van der Waals surface area contributed by atoms with E-state index in [2.05, 4.69) is 31.1 Å². The fraction of sp³-hybridized carbons (Fsp3) is 0.588. The first kappa shape index (κ1) is 17.3. The minimum atomic E-state index is 0.179. The lowest BCUT2D eigenvalue weighted by Crippen LogP contribution is -2.23. The van der Waals surface area contributed by atoms with Crippen LogP contribution in [0.4, 0.5) is 5.69 Å². The molecular formula is C17H29N3O. The van der Waals surface area contributed by atoms with Crippen LogP contribution in [0.5, 0.6) is 5.75 Å². The summed E-state index contributed by atoms with van der Waals surface area (Å²) in [6, 6.07) is 7.73. The van der Waals surface area contributed by atoms with Crippen molar-refractivity contribution in [2.75, 3.05) is 11.9 Å². The van der Waals surface area contributed by atoms with E-state index in [0.29, 0.717) is 11.4 Å². The highest BCUT2D eigenvalue weighted by Crippen LogP contribution is 2.20. The number of nitrogens with two attached hydrogens (primary N) is 1. The van der Waals surface area contributed by atoms with E-state index in [1.807, 2.05) is 38.1 Å². The van der Waals surface area contributed by atoms with Gasteiger partial charge in [-0.25, -0.2) is 0 Å². The van der Waals surface area contributed by atoms with Crippen LogP contribution >= 0.6 is 0 Å². The molecule has 0 saturated carbocycles. The number of guanidine groups is 1. The molecule has 0 atom stereocenters. The molecule has 0 heterocycles. The van der Waals surface area contributed by atoms with E-state index in [1.165, 1.54) is 0 Å². The number of benzene rings is 1. The van der Waals surface area contributed by atoms with Gasteiger partial charge in [-0.3, -0.25) is 4.99 Å². The third kappa shape index (κ3) is 8.23. The number of rotatable bonds is 6. The Hall–Kier alpha value is -1.71. The Kier molecular flexibility index (Phi) is 6.53. The summed E-state index contributed by atoms with van der Waals surface area (Å²) in [5.41, 5.74) is 7.15. The normalized spacial score (nSPS) is 12.6. The minimum absolute atomic E-state index is 0.179. The molecular weight excluding hydrogens is 262 g/mol. The van der Waals surface area contributed by atoms with Crippen LogP contribution < -0.4 is 15.8 Å². The van der Waals surface area contributed by atoms with E-state index in [0.717, 1.165) is 30.8 Å². The van der Waals surface area contributed by atoms with E-state index < -0.39 is 0 Å². The van der Waals surface area contributed by atoms with Crippen LogP contribution in [-0.4, -0.2) is 18.6 Å². The third-order valence-electron chi connectivity index (χ3n) is 2.87. The molecule has 0 aromatic heterocycles. The first-order chi connectivity index (χ1) is 9.76.